The highest BCUT2D eigenvalue weighted by Gasteiger charge is 2.02. The first-order chi connectivity index (χ1) is 8.13. The summed E-state index contributed by atoms with van der Waals surface area (Å²) in [5, 5.41) is 10.8. The SMILES string of the molecule is C=CCc1ccc(C)cc1CCCNC(=O)O. The van der Waals surface area contributed by atoms with Crippen LogP contribution in [0.2, 0.25) is 0 Å². The third-order valence-electron chi connectivity index (χ3n) is 2.63. The number of aryl methyl sites for hydroxylation is 2. The van der Waals surface area contributed by atoms with Gasteiger partial charge in [-0.15, -0.1) is 6.58 Å². The van der Waals surface area contributed by atoms with Crippen LogP contribution in [0, 0.1) is 6.92 Å². The molecule has 1 rings (SSSR count). The van der Waals surface area contributed by atoms with Gasteiger partial charge in [0.1, 0.15) is 0 Å². The van der Waals surface area contributed by atoms with Crippen LogP contribution in [0.25, 0.3) is 0 Å². The molecule has 3 nitrogen and oxygen atoms in total. The van der Waals surface area contributed by atoms with Crippen molar-refractivity contribution in [3.05, 3.63) is 47.5 Å². The van der Waals surface area contributed by atoms with Crippen LogP contribution in [0.15, 0.2) is 30.9 Å². The van der Waals surface area contributed by atoms with Crippen molar-refractivity contribution in [1.82, 2.24) is 5.32 Å². The van der Waals surface area contributed by atoms with Crippen LogP contribution in [0.3, 0.4) is 0 Å². The molecule has 0 spiro atoms. The number of hydrogen-bond acceptors (Lipinski definition) is 1. The molecule has 0 heterocycles. The van der Waals surface area contributed by atoms with Gasteiger partial charge < -0.3 is 10.4 Å². The summed E-state index contributed by atoms with van der Waals surface area (Å²) in [6, 6.07) is 6.38. The van der Waals surface area contributed by atoms with E-state index in [9.17, 15) is 4.79 Å². The molecule has 1 aromatic rings. The number of rotatable bonds is 6. The van der Waals surface area contributed by atoms with E-state index in [4.69, 9.17) is 5.11 Å². The quantitative estimate of drug-likeness (QED) is 0.586. The largest absolute Gasteiger partial charge is 0.465 e. The van der Waals surface area contributed by atoms with Crippen molar-refractivity contribution in [3.8, 4) is 0 Å². The molecule has 3 heteroatoms. The minimum Gasteiger partial charge on any atom is -0.465 e. The standard InChI is InChI=1S/C14H19NO2/c1-3-5-12-8-7-11(2)10-13(12)6-4-9-15-14(16)17/h3,7-8,10,15H,1,4-6,9H2,2H3,(H,16,17). The van der Waals surface area contributed by atoms with Gasteiger partial charge in [0, 0.05) is 6.54 Å². The molecule has 1 aromatic carbocycles. The Morgan fingerprint density at radius 3 is 2.88 bits per heavy atom. The number of benzene rings is 1. The molecule has 17 heavy (non-hydrogen) atoms. The Morgan fingerprint density at radius 2 is 2.24 bits per heavy atom. The van der Waals surface area contributed by atoms with Gasteiger partial charge in [-0.1, -0.05) is 29.8 Å². The zero-order valence-corrected chi connectivity index (χ0v) is 10.2. The van der Waals surface area contributed by atoms with Gasteiger partial charge in [-0.2, -0.15) is 0 Å². The van der Waals surface area contributed by atoms with Gasteiger partial charge in [-0.05, 0) is 37.3 Å². The molecule has 0 aliphatic heterocycles. The maximum atomic E-state index is 10.3. The average molecular weight is 233 g/mol. The monoisotopic (exact) mass is 233 g/mol. The van der Waals surface area contributed by atoms with Gasteiger partial charge in [-0.3, -0.25) is 0 Å². The maximum absolute atomic E-state index is 10.3. The van der Waals surface area contributed by atoms with E-state index in [2.05, 4.69) is 37.0 Å². The highest BCUT2D eigenvalue weighted by Crippen LogP contribution is 2.14. The van der Waals surface area contributed by atoms with Crippen molar-refractivity contribution in [2.45, 2.75) is 26.2 Å². The minimum absolute atomic E-state index is 0.497. The molecule has 0 bridgehead atoms. The Bertz CT molecular complexity index is 399. The van der Waals surface area contributed by atoms with Crippen LogP contribution in [-0.2, 0) is 12.8 Å². The molecule has 0 saturated heterocycles. The molecule has 0 saturated carbocycles. The van der Waals surface area contributed by atoms with Crippen molar-refractivity contribution >= 4 is 6.09 Å². The highest BCUT2D eigenvalue weighted by molar-refractivity contribution is 5.64. The molecular weight excluding hydrogens is 214 g/mol. The lowest BCUT2D eigenvalue weighted by molar-refractivity contribution is 0.194. The second kappa shape index (κ2) is 6.74. The van der Waals surface area contributed by atoms with Crippen molar-refractivity contribution < 1.29 is 9.90 Å². The highest BCUT2D eigenvalue weighted by atomic mass is 16.4. The first kappa shape index (κ1) is 13.3. The topological polar surface area (TPSA) is 49.3 Å². The van der Waals surface area contributed by atoms with E-state index in [1.54, 1.807) is 0 Å². The van der Waals surface area contributed by atoms with Crippen LogP contribution in [-0.4, -0.2) is 17.7 Å². The Balaban J connectivity index is 2.58. The fourth-order valence-electron chi connectivity index (χ4n) is 1.82. The lowest BCUT2D eigenvalue weighted by atomic mass is 9.98. The molecule has 0 fully saturated rings. The van der Waals surface area contributed by atoms with E-state index < -0.39 is 6.09 Å². The third-order valence-corrected chi connectivity index (χ3v) is 2.63. The summed E-state index contributed by atoms with van der Waals surface area (Å²) in [5.41, 5.74) is 3.80. The second-order valence-corrected chi connectivity index (χ2v) is 4.10. The van der Waals surface area contributed by atoms with Crippen LogP contribution in [0.5, 0.6) is 0 Å². The summed E-state index contributed by atoms with van der Waals surface area (Å²) in [6.45, 7) is 6.31. The van der Waals surface area contributed by atoms with Gasteiger partial charge in [0.25, 0.3) is 0 Å². The number of amides is 1. The number of carbonyl (C=O) groups is 1. The van der Waals surface area contributed by atoms with Gasteiger partial charge in [0.05, 0.1) is 0 Å². The van der Waals surface area contributed by atoms with Crippen molar-refractivity contribution in [2.24, 2.45) is 0 Å². The van der Waals surface area contributed by atoms with E-state index in [1.165, 1.54) is 16.7 Å². The summed E-state index contributed by atoms with van der Waals surface area (Å²) in [6.07, 6.45) is 3.51. The smallest absolute Gasteiger partial charge is 0.404 e. The van der Waals surface area contributed by atoms with Gasteiger partial charge >= 0.3 is 6.09 Å². The number of carboxylic acid groups (broad SMARTS) is 1. The van der Waals surface area contributed by atoms with Crippen LogP contribution >= 0.6 is 0 Å². The van der Waals surface area contributed by atoms with E-state index in [0.717, 1.165) is 19.3 Å². The maximum Gasteiger partial charge on any atom is 0.404 e. The molecule has 1 amide bonds. The van der Waals surface area contributed by atoms with E-state index >= 15 is 0 Å². The zero-order valence-electron chi connectivity index (χ0n) is 10.2. The predicted octanol–water partition coefficient (Wildman–Crippen LogP) is 2.92. The first-order valence-corrected chi connectivity index (χ1v) is 5.79. The second-order valence-electron chi connectivity index (χ2n) is 4.10. The number of hydrogen-bond donors (Lipinski definition) is 2. The summed E-state index contributed by atoms with van der Waals surface area (Å²) >= 11 is 0. The number of allylic oxidation sites excluding steroid dienone is 1. The zero-order chi connectivity index (χ0) is 12.7. The van der Waals surface area contributed by atoms with Gasteiger partial charge in [-0.25, -0.2) is 4.79 Å². The normalized spacial score (nSPS) is 9.94. The molecule has 0 radical (unpaired) electrons. The molecule has 0 aliphatic rings. The van der Waals surface area contributed by atoms with Crippen LogP contribution < -0.4 is 5.32 Å². The molecular formula is C14H19NO2. The van der Waals surface area contributed by atoms with Crippen molar-refractivity contribution in [1.29, 1.82) is 0 Å². The fraction of sp³-hybridized carbons (Fsp3) is 0.357. The first-order valence-electron chi connectivity index (χ1n) is 5.79. The summed E-state index contributed by atoms with van der Waals surface area (Å²) in [7, 11) is 0. The number of nitrogens with one attached hydrogen (secondary N) is 1. The Labute approximate surface area is 102 Å². The average Bonchev–Trinajstić information content (AvgIpc) is 2.28. The van der Waals surface area contributed by atoms with Crippen LogP contribution in [0.1, 0.15) is 23.1 Å². The summed E-state index contributed by atoms with van der Waals surface area (Å²) < 4.78 is 0. The molecule has 0 aromatic heterocycles. The molecule has 92 valence electrons. The van der Waals surface area contributed by atoms with Gasteiger partial charge in [0.2, 0.25) is 0 Å². The summed E-state index contributed by atoms with van der Waals surface area (Å²) in [5.74, 6) is 0. The predicted molar refractivity (Wildman–Crippen MR) is 69.4 cm³/mol. The molecule has 0 atom stereocenters. The molecule has 0 aliphatic carbocycles. The Kier molecular flexibility index (Phi) is 5.27. The van der Waals surface area contributed by atoms with Crippen LogP contribution in [0.4, 0.5) is 4.79 Å². The minimum atomic E-state index is -0.958. The van der Waals surface area contributed by atoms with Crippen molar-refractivity contribution in [3.63, 3.8) is 0 Å². The van der Waals surface area contributed by atoms with E-state index in [0.29, 0.717) is 6.54 Å². The van der Waals surface area contributed by atoms with Gasteiger partial charge in [0.15, 0.2) is 0 Å². The Hall–Kier alpha value is -1.77. The summed E-state index contributed by atoms with van der Waals surface area (Å²) in [4.78, 5) is 10.3. The molecule has 0 unspecified atom stereocenters. The van der Waals surface area contributed by atoms with Crippen molar-refractivity contribution in [2.75, 3.05) is 6.54 Å². The molecule has 2 N–H and O–H groups in total. The Morgan fingerprint density at radius 1 is 1.47 bits per heavy atom. The fourth-order valence-corrected chi connectivity index (χ4v) is 1.82. The lowest BCUT2D eigenvalue weighted by Crippen LogP contribution is -2.22. The van der Waals surface area contributed by atoms with E-state index in [1.807, 2.05) is 6.08 Å². The lowest BCUT2D eigenvalue weighted by Gasteiger charge is -2.09. The third kappa shape index (κ3) is 4.72. The van der Waals surface area contributed by atoms with E-state index in [-0.39, 0.29) is 0 Å².